The summed E-state index contributed by atoms with van der Waals surface area (Å²) in [5.74, 6) is -1.19. The van der Waals surface area contributed by atoms with Gasteiger partial charge >= 0.3 is 12.0 Å². The maximum Gasteiger partial charge on any atom is 0.319 e. The zero-order valence-electron chi connectivity index (χ0n) is 12.1. The highest BCUT2D eigenvalue weighted by molar-refractivity contribution is 6.32. The summed E-state index contributed by atoms with van der Waals surface area (Å²) in [4.78, 5) is 22.8. The van der Waals surface area contributed by atoms with Crippen LogP contribution in [-0.2, 0) is 4.79 Å². The topological polar surface area (TPSA) is 87.7 Å². The highest BCUT2D eigenvalue weighted by atomic mass is 35.5. The van der Waals surface area contributed by atoms with E-state index in [9.17, 15) is 9.59 Å². The number of hydrogen-bond acceptors (Lipinski definition) is 3. The third-order valence-corrected chi connectivity index (χ3v) is 3.33. The Labute approximate surface area is 128 Å². The second-order valence-electron chi connectivity index (χ2n) is 4.87. The third-order valence-electron chi connectivity index (χ3n) is 3.01. The van der Waals surface area contributed by atoms with Crippen molar-refractivity contribution in [3.05, 3.63) is 23.2 Å². The lowest BCUT2D eigenvalue weighted by Gasteiger charge is -2.17. The van der Waals surface area contributed by atoms with Crippen molar-refractivity contribution < 1.29 is 19.4 Å². The van der Waals surface area contributed by atoms with Crippen LogP contribution in [0.15, 0.2) is 18.2 Å². The molecule has 1 atom stereocenters. The fraction of sp³-hybridized carbons (Fsp3) is 0.429. The molecule has 0 spiro atoms. The van der Waals surface area contributed by atoms with Crippen LogP contribution in [0.5, 0.6) is 5.75 Å². The van der Waals surface area contributed by atoms with Crippen LogP contribution in [0.3, 0.4) is 0 Å². The molecule has 0 bridgehead atoms. The fourth-order valence-electron chi connectivity index (χ4n) is 1.72. The van der Waals surface area contributed by atoms with Gasteiger partial charge in [0.15, 0.2) is 0 Å². The van der Waals surface area contributed by atoms with E-state index in [0.29, 0.717) is 16.5 Å². The van der Waals surface area contributed by atoms with Crippen LogP contribution < -0.4 is 15.4 Å². The maximum absolute atomic E-state index is 11.8. The van der Waals surface area contributed by atoms with Crippen molar-refractivity contribution in [1.82, 2.24) is 5.32 Å². The number of carboxylic acid groups (broad SMARTS) is 1. The highest BCUT2D eigenvalue weighted by Gasteiger charge is 2.21. The van der Waals surface area contributed by atoms with Crippen molar-refractivity contribution in [3.8, 4) is 5.75 Å². The molecule has 0 saturated heterocycles. The molecular weight excluding hydrogens is 296 g/mol. The van der Waals surface area contributed by atoms with Gasteiger partial charge in [0.05, 0.1) is 18.1 Å². The molecule has 6 nitrogen and oxygen atoms in total. The second kappa shape index (κ2) is 7.73. The first-order chi connectivity index (χ1) is 9.85. The van der Waals surface area contributed by atoms with Crippen LogP contribution >= 0.6 is 11.6 Å². The van der Waals surface area contributed by atoms with E-state index in [1.54, 1.807) is 32.0 Å². The zero-order valence-corrected chi connectivity index (χ0v) is 12.9. The van der Waals surface area contributed by atoms with Gasteiger partial charge in [0.1, 0.15) is 5.75 Å². The molecule has 0 fully saturated rings. The van der Waals surface area contributed by atoms with Gasteiger partial charge in [0.2, 0.25) is 0 Å². The molecule has 0 heterocycles. The number of aliphatic carboxylic acids is 1. The lowest BCUT2D eigenvalue weighted by atomic mass is 9.96. The number of nitrogens with one attached hydrogen (secondary N) is 2. The number of ether oxygens (including phenoxy) is 1. The number of halogens is 1. The largest absolute Gasteiger partial charge is 0.495 e. The smallest absolute Gasteiger partial charge is 0.319 e. The van der Waals surface area contributed by atoms with Gasteiger partial charge < -0.3 is 20.5 Å². The van der Waals surface area contributed by atoms with Crippen molar-refractivity contribution >= 4 is 29.3 Å². The van der Waals surface area contributed by atoms with Gasteiger partial charge in [-0.15, -0.1) is 0 Å². The average Bonchev–Trinajstić information content (AvgIpc) is 2.40. The normalized spacial score (nSPS) is 11.9. The molecule has 0 aromatic heterocycles. The molecular formula is C14H19ClN2O4. The molecule has 2 amide bonds. The van der Waals surface area contributed by atoms with Crippen molar-refractivity contribution in [3.63, 3.8) is 0 Å². The molecule has 1 aromatic rings. The molecule has 116 valence electrons. The maximum atomic E-state index is 11.8. The van der Waals surface area contributed by atoms with E-state index in [2.05, 4.69) is 10.6 Å². The van der Waals surface area contributed by atoms with E-state index in [-0.39, 0.29) is 12.5 Å². The number of carbonyl (C=O) groups excluding carboxylic acids is 1. The van der Waals surface area contributed by atoms with Gasteiger partial charge in [-0.25, -0.2) is 4.79 Å². The summed E-state index contributed by atoms with van der Waals surface area (Å²) in [5.41, 5.74) is 0.505. The number of carboxylic acids is 1. The predicted octanol–water partition coefficient (Wildman–Crippen LogP) is 2.83. The molecule has 21 heavy (non-hydrogen) atoms. The average molecular weight is 315 g/mol. The minimum absolute atomic E-state index is 0.0591. The predicted molar refractivity (Wildman–Crippen MR) is 81.0 cm³/mol. The lowest BCUT2D eigenvalue weighted by Crippen LogP contribution is -2.37. The number of urea groups is 1. The summed E-state index contributed by atoms with van der Waals surface area (Å²) in [6.45, 7) is 3.65. The first-order valence-electron chi connectivity index (χ1n) is 6.46. The summed E-state index contributed by atoms with van der Waals surface area (Å²) < 4.78 is 5.05. The van der Waals surface area contributed by atoms with Gasteiger partial charge in [-0.2, -0.15) is 0 Å². The van der Waals surface area contributed by atoms with Crippen molar-refractivity contribution in [1.29, 1.82) is 0 Å². The van der Waals surface area contributed by atoms with Crippen molar-refractivity contribution in [2.75, 3.05) is 19.0 Å². The van der Waals surface area contributed by atoms with E-state index in [0.717, 1.165) is 0 Å². The molecule has 1 unspecified atom stereocenters. The Morgan fingerprint density at radius 1 is 1.38 bits per heavy atom. The third kappa shape index (κ3) is 5.15. The Hall–Kier alpha value is -1.95. The molecule has 0 radical (unpaired) electrons. The Bertz CT molecular complexity index is 520. The molecule has 0 aliphatic heterocycles. The number of rotatable bonds is 6. The first kappa shape index (κ1) is 17.1. The minimum Gasteiger partial charge on any atom is -0.495 e. The number of benzene rings is 1. The van der Waals surface area contributed by atoms with E-state index < -0.39 is 17.9 Å². The summed E-state index contributed by atoms with van der Waals surface area (Å²) in [7, 11) is 1.48. The molecule has 0 saturated carbocycles. The lowest BCUT2D eigenvalue weighted by molar-refractivity contribution is -0.142. The van der Waals surface area contributed by atoms with Gasteiger partial charge in [0.25, 0.3) is 0 Å². The summed E-state index contributed by atoms with van der Waals surface area (Å²) in [6.07, 6.45) is 0. The van der Waals surface area contributed by atoms with E-state index in [1.807, 2.05) is 0 Å². The summed E-state index contributed by atoms with van der Waals surface area (Å²) >= 11 is 5.89. The van der Waals surface area contributed by atoms with Crippen LogP contribution in [0, 0.1) is 11.8 Å². The second-order valence-corrected chi connectivity index (χ2v) is 5.28. The monoisotopic (exact) mass is 314 g/mol. The summed E-state index contributed by atoms with van der Waals surface area (Å²) in [5, 5.41) is 14.6. The molecule has 3 N–H and O–H groups in total. The Kier molecular flexibility index (Phi) is 6.30. The number of hydrogen-bond donors (Lipinski definition) is 3. The van der Waals surface area contributed by atoms with Crippen LogP contribution in [0.1, 0.15) is 13.8 Å². The number of anilines is 1. The van der Waals surface area contributed by atoms with Crippen molar-refractivity contribution in [2.24, 2.45) is 11.8 Å². The Morgan fingerprint density at radius 2 is 2.05 bits per heavy atom. The highest BCUT2D eigenvalue weighted by Crippen LogP contribution is 2.27. The SMILES string of the molecule is COc1cc(NC(=O)NCC(C(=O)O)C(C)C)ccc1Cl. The van der Waals surface area contributed by atoms with Crippen LogP contribution in [0.2, 0.25) is 5.02 Å². The van der Waals surface area contributed by atoms with Gasteiger partial charge in [-0.3, -0.25) is 4.79 Å². The van der Waals surface area contributed by atoms with Gasteiger partial charge in [-0.1, -0.05) is 25.4 Å². The van der Waals surface area contributed by atoms with E-state index in [4.69, 9.17) is 21.4 Å². The number of amides is 2. The van der Waals surface area contributed by atoms with Gasteiger partial charge in [0, 0.05) is 18.3 Å². The number of methoxy groups -OCH3 is 1. The van der Waals surface area contributed by atoms with E-state index >= 15 is 0 Å². The van der Waals surface area contributed by atoms with Crippen LogP contribution in [0.25, 0.3) is 0 Å². The quantitative estimate of drug-likeness (QED) is 0.753. The zero-order chi connectivity index (χ0) is 16.0. The molecule has 0 aliphatic rings. The fourth-order valence-corrected chi connectivity index (χ4v) is 1.92. The molecule has 0 aliphatic carbocycles. The molecule has 1 rings (SSSR count). The van der Waals surface area contributed by atoms with E-state index in [1.165, 1.54) is 7.11 Å². The van der Waals surface area contributed by atoms with Crippen LogP contribution in [0.4, 0.5) is 10.5 Å². The standard InChI is InChI=1S/C14H19ClN2O4/c1-8(2)10(13(18)19)7-16-14(20)17-9-4-5-11(15)12(6-9)21-3/h4-6,8,10H,7H2,1-3H3,(H,18,19)(H2,16,17,20). The van der Waals surface area contributed by atoms with Gasteiger partial charge in [-0.05, 0) is 18.1 Å². The van der Waals surface area contributed by atoms with Crippen LogP contribution in [-0.4, -0.2) is 30.8 Å². The minimum atomic E-state index is -0.932. The first-order valence-corrected chi connectivity index (χ1v) is 6.84. The molecule has 7 heteroatoms. The Balaban J connectivity index is 2.59. The molecule has 1 aromatic carbocycles. The van der Waals surface area contributed by atoms with Crippen molar-refractivity contribution in [2.45, 2.75) is 13.8 Å². The summed E-state index contributed by atoms with van der Waals surface area (Å²) in [6, 6.07) is 4.33. The number of carbonyl (C=O) groups is 2. The Morgan fingerprint density at radius 3 is 2.57 bits per heavy atom.